The molecule has 108 valence electrons. The minimum atomic E-state index is -0.365. The average molecular weight is 287 g/mol. The Balaban J connectivity index is 1.62. The van der Waals surface area contributed by atoms with E-state index in [9.17, 15) is 4.39 Å². The van der Waals surface area contributed by atoms with Crippen LogP contribution in [0, 0.1) is 12.7 Å². The van der Waals surface area contributed by atoms with E-state index in [1.54, 1.807) is 22.7 Å². The number of benzene rings is 1. The first-order valence-electron chi connectivity index (χ1n) is 6.52. The van der Waals surface area contributed by atoms with Gasteiger partial charge >= 0.3 is 0 Å². The molecule has 2 aromatic heterocycles. The number of rotatable bonds is 5. The Kier molecular flexibility index (Phi) is 3.63. The van der Waals surface area contributed by atoms with Crippen LogP contribution in [0.5, 0.6) is 5.75 Å². The van der Waals surface area contributed by atoms with E-state index in [0.717, 1.165) is 11.5 Å². The minimum absolute atomic E-state index is 0.246. The zero-order valence-electron chi connectivity index (χ0n) is 11.5. The normalized spacial score (nSPS) is 10.8. The second-order valence-electron chi connectivity index (χ2n) is 4.46. The van der Waals surface area contributed by atoms with E-state index < -0.39 is 0 Å². The molecule has 0 saturated carbocycles. The van der Waals surface area contributed by atoms with Gasteiger partial charge in [-0.3, -0.25) is 0 Å². The van der Waals surface area contributed by atoms with E-state index in [1.807, 2.05) is 13.0 Å². The molecule has 0 fully saturated rings. The lowest BCUT2D eigenvalue weighted by Crippen LogP contribution is -2.14. The highest BCUT2D eigenvalue weighted by atomic mass is 19.1. The predicted octanol–water partition coefficient (Wildman–Crippen LogP) is 2.06. The van der Waals surface area contributed by atoms with Crippen molar-refractivity contribution in [3.63, 3.8) is 0 Å². The topological polar surface area (TPSA) is 64.3 Å². The van der Waals surface area contributed by atoms with Gasteiger partial charge in [0.25, 0.3) is 5.78 Å². The average Bonchev–Trinajstić information content (AvgIpc) is 2.93. The Labute approximate surface area is 120 Å². The van der Waals surface area contributed by atoms with Crippen LogP contribution in [0.1, 0.15) is 5.69 Å². The third kappa shape index (κ3) is 2.91. The van der Waals surface area contributed by atoms with E-state index in [2.05, 4.69) is 20.4 Å². The molecule has 2 heterocycles. The van der Waals surface area contributed by atoms with Crippen molar-refractivity contribution in [2.75, 3.05) is 18.5 Å². The van der Waals surface area contributed by atoms with Crippen LogP contribution in [-0.2, 0) is 0 Å². The van der Waals surface area contributed by atoms with Gasteiger partial charge in [0.1, 0.15) is 18.8 Å². The first-order valence-corrected chi connectivity index (χ1v) is 6.52. The zero-order valence-corrected chi connectivity index (χ0v) is 11.5. The molecule has 0 aliphatic rings. The molecular formula is C14H14FN5O. The van der Waals surface area contributed by atoms with Crippen molar-refractivity contribution < 1.29 is 9.13 Å². The monoisotopic (exact) mass is 287 g/mol. The lowest BCUT2D eigenvalue weighted by molar-refractivity contribution is 0.315. The molecule has 3 rings (SSSR count). The van der Waals surface area contributed by atoms with E-state index in [1.165, 1.54) is 12.4 Å². The summed E-state index contributed by atoms with van der Waals surface area (Å²) in [5.41, 5.74) is 0.841. The van der Waals surface area contributed by atoms with E-state index in [0.29, 0.717) is 18.9 Å². The van der Waals surface area contributed by atoms with E-state index in [4.69, 9.17) is 4.74 Å². The Morgan fingerprint density at radius 3 is 3.05 bits per heavy atom. The predicted molar refractivity (Wildman–Crippen MR) is 75.9 cm³/mol. The number of hydrogen-bond donors (Lipinski definition) is 1. The van der Waals surface area contributed by atoms with Crippen molar-refractivity contribution in [2.24, 2.45) is 0 Å². The molecule has 0 spiro atoms. The van der Waals surface area contributed by atoms with Crippen LogP contribution in [0.3, 0.4) is 0 Å². The van der Waals surface area contributed by atoms with Crippen LogP contribution in [0.25, 0.3) is 5.78 Å². The van der Waals surface area contributed by atoms with Gasteiger partial charge < -0.3 is 10.1 Å². The van der Waals surface area contributed by atoms with Gasteiger partial charge in [0, 0.05) is 11.8 Å². The smallest absolute Gasteiger partial charge is 0.254 e. The molecular weight excluding hydrogens is 273 g/mol. The second-order valence-corrected chi connectivity index (χ2v) is 4.46. The van der Waals surface area contributed by atoms with Crippen LogP contribution in [0.4, 0.5) is 10.2 Å². The highest BCUT2D eigenvalue weighted by Crippen LogP contribution is 2.15. The zero-order chi connectivity index (χ0) is 14.7. The van der Waals surface area contributed by atoms with Gasteiger partial charge in [0.05, 0.1) is 6.54 Å². The Morgan fingerprint density at radius 2 is 2.19 bits per heavy atom. The Morgan fingerprint density at radius 1 is 1.33 bits per heavy atom. The Bertz CT molecular complexity index is 758. The third-order valence-electron chi connectivity index (χ3n) is 2.88. The summed E-state index contributed by atoms with van der Waals surface area (Å²) in [6.45, 7) is 2.72. The van der Waals surface area contributed by atoms with Gasteiger partial charge in [-0.05, 0) is 19.1 Å². The summed E-state index contributed by atoms with van der Waals surface area (Å²) < 4.78 is 20.4. The van der Waals surface area contributed by atoms with Gasteiger partial charge in [-0.1, -0.05) is 12.1 Å². The number of hydrogen-bond acceptors (Lipinski definition) is 5. The number of ether oxygens (including phenoxy) is 1. The maximum atomic E-state index is 13.4. The summed E-state index contributed by atoms with van der Waals surface area (Å²) in [6, 6.07) is 8.19. The molecule has 7 heteroatoms. The number of para-hydroxylation sites is 1. The molecule has 0 radical (unpaired) electrons. The van der Waals surface area contributed by atoms with Gasteiger partial charge in [-0.15, -0.1) is 0 Å². The van der Waals surface area contributed by atoms with Crippen LogP contribution in [0.2, 0.25) is 0 Å². The van der Waals surface area contributed by atoms with Crippen molar-refractivity contribution in [3.05, 3.63) is 48.2 Å². The lowest BCUT2D eigenvalue weighted by atomic mass is 10.3. The molecule has 0 atom stereocenters. The molecule has 0 aliphatic carbocycles. The second kappa shape index (κ2) is 5.74. The third-order valence-corrected chi connectivity index (χ3v) is 2.88. The fourth-order valence-corrected chi connectivity index (χ4v) is 1.96. The molecule has 1 aromatic carbocycles. The van der Waals surface area contributed by atoms with Crippen molar-refractivity contribution >= 4 is 11.6 Å². The summed E-state index contributed by atoms with van der Waals surface area (Å²) in [6.07, 6.45) is 1.45. The summed E-state index contributed by atoms with van der Waals surface area (Å²) in [5.74, 6) is 1.19. The van der Waals surface area contributed by atoms with Gasteiger partial charge in [-0.25, -0.2) is 9.37 Å². The van der Waals surface area contributed by atoms with E-state index in [-0.39, 0.29) is 11.6 Å². The molecule has 21 heavy (non-hydrogen) atoms. The fraction of sp³-hybridized carbons (Fsp3) is 0.214. The molecule has 0 bridgehead atoms. The molecule has 0 unspecified atom stereocenters. The molecule has 0 saturated heterocycles. The van der Waals surface area contributed by atoms with Crippen LogP contribution in [-0.4, -0.2) is 32.7 Å². The SMILES string of the molecule is Cc1cc(NCCOc2ccccc2F)n2ncnc2n1. The highest BCUT2D eigenvalue weighted by Gasteiger charge is 2.05. The maximum Gasteiger partial charge on any atom is 0.254 e. The molecule has 3 aromatic rings. The number of fused-ring (bicyclic) bond motifs is 1. The van der Waals surface area contributed by atoms with E-state index >= 15 is 0 Å². The van der Waals surface area contributed by atoms with Crippen LogP contribution in [0.15, 0.2) is 36.7 Å². The van der Waals surface area contributed by atoms with Crippen LogP contribution < -0.4 is 10.1 Å². The quantitative estimate of drug-likeness (QED) is 0.728. The summed E-state index contributed by atoms with van der Waals surface area (Å²) in [7, 11) is 0. The van der Waals surface area contributed by atoms with Gasteiger partial charge in [0.15, 0.2) is 11.6 Å². The summed E-state index contributed by atoms with van der Waals surface area (Å²) in [4.78, 5) is 8.30. The van der Waals surface area contributed by atoms with Crippen molar-refractivity contribution in [2.45, 2.75) is 6.92 Å². The van der Waals surface area contributed by atoms with Crippen molar-refractivity contribution in [1.29, 1.82) is 0 Å². The maximum absolute atomic E-state index is 13.4. The minimum Gasteiger partial charge on any atom is -0.489 e. The molecule has 6 nitrogen and oxygen atoms in total. The van der Waals surface area contributed by atoms with Gasteiger partial charge in [-0.2, -0.15) is 14.6 Å². The fourth-order valence-electron chi connectivity index (χ4n) is 1.96. The summed E-state index contributed by atoms with van der Waals surface area (Å²) in [5, 5.41) is 7.27. The number of halogens is 1. The number of nitrogens with zero attached hydrogens (tertiary/aromatic N) is 4. The largest absolute Gasteiger partial charge is 0.489 e. The highest BCUT2D eigenvalue weighted by molar-refractivity contribution is 5.44. The van der Waals surface area contributed by atoms with Gasteiger partial charge in [0.2, 0.25) is 0 Å². The molecule has 1 N–H and O–H groups in total. The number of nitrogens with one attached hydrogen (secondary N) is 1. The number of aryl methyl sites for hydroxylation is 1. The number of aromatic nitrogens is 4. The van der Waals surface area contributed by atoms with Crippen LogP contribution >= 0.6 is 0 Å². The lowest BCUT2D eigenvalue weighted by Gasteiger charge is -2.10. The summed E-state index contributed by atoms with van der Waals surface area (Å²) >= 11 is 0. The van der Waals surface area contributed by atoms with Crippen molar-refractivity contribution in [1.82, 2.24) is 19.6 Å². The first-order chi connectivity index (χ1) is 10.2. The standard InChI is InChI=1S/C14H14FN5O/c1-10-8-13(20-14(19-10)17-9-18-20)16-6-7-21-12-5-3-2-4-11(12)15/h2-5,8-9,16H,6-7H2,1H3. The molecule has 0 amide bonds. The first kappa shape index (κ1) is 13.3. The van der Waals surface area contributed by atoms with Crippen molar-refractivity contribution in [3.8, 4) is 5.75 Å². The molecule has 0 aliphatic heterocycles. The Hall–Kier alpha value is -2.70. The number of anilines is 1.